The van der Waals surface area contributed by atoms with Crippen molar-refractivity contribution in [3.8, 4) is 5.75 Å². The number of carbonyl (C=O) groups is 2. The van der Waals surface area contributed by atoms with Crippen molar-refractivity contribution in [2.75, 3.05) is 52.3 Å². The smallest absolute Gasteiger partial charge is 0.317 e. The van der Waals surface area contributed by atoms with E-state index in [0.29, 0.717) is 31.0 Å². The maximum Gasteiger partial charge on any atom is 0.317 e. The Morgan fingerprint density at radius 1 is 1.19 bits per heavy atom. The number of rotatable bonds is 6. The van der Waals surface area contributed by atoms with Crippen LogP contribution in [0.2, 0.25) is 0 Å². The molecule has 3 amide bonds. The van der Waals surface area contributed by atoms with E-state index in [4.69, 9.17) is 9.47 Å². The molecule has 2 rings (SSSR count). The SMILES string of the molecule is CC(C)NC(=O)N(C)C[C@@H]1OCCCC[C@@H](C)Oc2ccc(N(C)C)cc2C(=O)N([C@@H](C)CO)C[C@H]1C. The normalized spacial score (nSPS) is 22.5. The van der Waals surface area contributed by atoms with E-state index in [1.165, 1.54) is 0 Å². The van der Waals surface area contributed by atoms with Crippen molar-refractivity contribution in [1.29, 1.82) is 0 Å². The number of urea groups is 1. The second kappa shape index (κ2) is 14.4. The molecule has 9 heteroatoms. The molecule has 0 bridgehead atoms. The predicted octanol–water partition coefficient (Wildman–Crippen LogP) is 3.60. The largest absolute Gasteiger partial charge is 0.490 e. The number of ether oxygens (including phenoxy) is 2. The predicted molar refractivity (Wildman–Crippen MR) is 147 cm³/mol. The molecule has 37 heavy (non-hydrogen) atoms. The fourth-order valence-corrected chi connectivity index (χ4v) is 4.36. The van der Waals surface area contributed by atoms with E-state index in [-0.39, 0.29) is 42.7 Å². The highest BCUT2D eigenvalue weighted by atomic mass is 16.5. The van der Waals surface area contributed by atoms with Gasteiger partial charge in [-0.2, -0.15) is 0 Å². The molecule has 0 fully saturated rings. The van der Waals surface area contributed by atoms with Crippen LogP contribution in [0.3, 0.4) is 0 Å². The third-order valence-electron chi connectivity index (χ3n) is 6.76. The summed E-state index contributed by atoms with van der Waals surface area (Å²) in [6, 6.07) is 5.15. The molecule has 0 aromatic heterocycles. The highest BCUT2D eigenvalue weighted by Gasteiger charge is 2.31. The van der Waals surface area contributed by atoms with Crippen LogP contribution in [0.5, 0.6) is 5.75 Å². The topological polar surface area (TPSA) is 94.6 Å². The second-order valence-corrected chi connectivity index (χ2v) is 10.9. The van der Waals surface area contributed by atoms with Gasteiger partial charge in [0, 0.05) is 58.5 Å². The zero-order valence-electron chi connectivity index (χ0n) is 24.0. The van der Waals surface area contributed by atoms with E-state index in [1.54, 1.807) is 16.8 Å². The van der Waals surface area contributed by atoms with Gasteiger partial charge < -0.3 is 34.6 Å². The molecule has 210 valence electrons. The molecule has 1 aromatic rings. The number of hydrogen-bond acceptors (Lipinski definition) is 6. The summed E-state index contributed by atoms with van der Waals surface area (Å²) in [5.41, 5.74) is 1.38. The van der Waals surface area contributed by atoms with E-state index < -0.39 is 6.04 Å². The van der Waals surface area contributed by atoms with Crippen molar-refractivity contribution in [1.82, 2.24) is 15.1 Å². The van der Waals surface area contributed by atoms with Gasteiger partial charge >= 0.3 is 6.03 Å². The van der Waals surface area contributed by atoms with Gasteiger partial charge in [-0.15, -0.1) is 0 Å². The summed E-state index contributed by atoms with van der Waals surface area (Å²) in [7, 11) is 5.63. The number of benzene rings is 1. The molecular formula is C28H48N4O5. The summed E-state index contributed by atoms with van der Waals surface area (Å²) in [5.74, 6) is 0.275. The summed E-state index contributed by atoms with van der Waals surface area (Å²) in [6.45, 7) is 10.9. The second-order valence-electron chi connectivity index (χ2n) is 10.9. The van der Waals surface area contributed by atoms with Gasteiger partial charge in [0.1, 0.15) is 5.75 Å². The summed E-state index contributed by atoms with van der Waals surface area (Å²) >= 11 is 0. The van der Waals surface area contributed by atoms with Crippen LogP contribution in [-0.2, 0) is 4.74 Å². The number of aliphatic hydroxyl groups excluding tert-OH is 1. The lowest BCUT2D eigenvalue weighted by molar-refractivity contribution is -0.0122. The standard InChI is InChI=1S/C28H48N4O5/c1-19(2)29-28(35)31(8)17-26-20(3)16-32(21(4)18-33)27(34)24-15-23(30(6)7)12-13-25(24)37-22(5)11-9-10-14-36-26/h12-13,15,19-22,26,33H,9-11,14,16-18H2,1-8H3,(H,29,35)/t20-,21+,22-,26+/m1/s1. The molecule has 9 nitrogen and oxygen atoms in total. The first-order valence-corrected chi connectivity index (χ1v) is 13.5. The van der Waals surface area contributed by atoms with Gasteiger partial charge in [-0.3, -0.25) is 4.79 Å². The van der Waals surface area contributed by atoms with Crippen molar-refractivity contribution in [3.63, 3.8) is 0 Å². The van der Waals surface area contributed by atoms with Crippen LogP contribution in [0.15, 0.2) is 18.2 Å². The molecule has 0 saturated carbocycles. The number of hydrogen-bond donors (Lipinski definition) is 2. The van der Waals surface area contributed by atoms with Crippen LogP contribution >= 0.6 is 0 Å². The van der Waals surface area contributed by atoms with Crippen molar-refractivity contribution >= 4 is 17.6 Å². The highest BCUT2D eigenvalue weighted by molar-refractivity contribution is 5.98. The third kappa shape index (κ3) is 9.07. The minimum atomic E-state index is -0.404. The van der Waals surface area contributed by atoms with E-state index >= 15 is 0 Å². The van der Waals surface area contributed by atoms with Gasteiger partial charge in [0.25, 0.3) is 5.91 Å². The zero-order valence-corrected chi connectivity index (χ0v) is 24.0. The fraction of sp³-hybridized carbons (Fsp3) is 0.714. The summed E-state index contributed by atoms with van der Waals surface area (Å²) < 4.78 is 12.6. The Labute approximate surface area is 223 Å². The molecule has 0 radical (unpaired) electrons. The summed E-state index contributed by atoms with van der Waals surface area (Å²) in [6.07, 6.45) is 2.30. The van der Waals surface area contributed by atoms with Crippen LogP contribution < -0.4 is 15.0 Å². The number of nitrogens with one attached hydrogen (secondary N) is 1. The van der Waals surface area contributed by atoms with E-state index in [2.05, 4.69) is 5.32 Å². The number of amides is 3. The maximum absolute atomic E-state index is 14.0. The summed E-state index contributed by atoms with van der Waals surface area (Å²) in [4.78, 5) is 31.9. The Morgan fingerprint density at radius 2 is 1.89 bits per heavy atom. The molecule has 0 aliphatic carbocycles. The molecule has 0 unspecified atom stereocenters. The first-order valence-electron chi connectivity index (χ1n) is 13.5. The highest BCUT2D eigenvalue weighted by Crippen LogP contribution is 2.29. The quantitative estimate of drug-likeness (QED) is 0.595. The number of nitrogens with zero attached hydrogens (tertiary/aromatic N) is 3. The summed E-state index contributed by atoms with van der Waals surface area (Å²) in [5, 5.41) is 13.0. The van der Waals surface area contributed by atoms with Gasteiger partial charge in [0.15, 0.2) is 0 Å². The molecule has 1 aliphatic rings. The van der Waals surface area contributed by atoms with Crippen LogP contribution in [-0.4, -0.2) is 98.6 Å². The molecule has 1 aromatic carbocycles. The van der Waals surface area contributed by atoms with E-state index in [0.717, 1.165) is 24.9 Å². The Kier molecular flexibility index (Phi) is 12.0. The lowest BCUT2D eigenvalue weighted by Gasteiger charge is -2.36. The number of fused-ring (bicyclic) bond motifs is 1. The average Bonchev–Trinajstić information content (AvgIpc) is 2.84. The minimum Gasteiger partial charge on any atom is -0.490 e. The molecule has 4 atom stereocenters. The van der Waals surface area contributed by atoms with Crippen LogP contribution in [0, 0.1) is 5.92 Å². The van der Waals surface area contributed by atoms with Crippen molar-refractivity contribution in [2.45, 2.75) is 78.2 Å². The number of likely N-dealkylation sites (N-methyl/N-ethyl adjacent to an activating group) is 1. The minimum absolute atomic E-state index is 0.0344. The van der Waals surface area contributed by atoms with Gasteiger partial charge in [0.2, 0.25) is 0 Å². The average molecular weight is 521 g/mol. The van der Waals surface area contributed by atoms with Gasteiger partial charge in [-0.25, -0.2) is 4.79 Å². The monoisotopic (exact) mass is 520 g/mol. The lowest BCUT2D eigenvalue weighted by Crippen LogP contribution is -2.49. The van der Waals surface area contributed by atoms with E-state index in [9.17, 15) is 14.7 Å². The van der Waals surface area contributed by atoms with Gasteiger partial charge in [-0.1, -0.05) is 6.92 Å². The van der Waals surface area contributed by atoms with E-state index in [1.807, 2.05) is 71.8 Å². The molecular weight excluding hydrogens is 472 g/mol. The Morgan fingerprint density at radius 3 is 2.51 bits per heavy atom. The van der Waals surface area contributed by atoms with Crippen LogP contribution in [0.4, 0.5) is 10.5 Å². The zero-order chi connectivity index (χ0) is 27.7. The Hall–Kier alpha value is -2.52. The first kappa shape index (κ1) is 30.7. The Balaban J connectivity index is 2.43. The molecule has 1 heterocycles. The molecule has 0 spiro atoms. The van der Waals surface area contributed by atoms with Gasteiger partial charge in [0.05, 0.1) is 30.4 Å². The van der Waals surface area contributed by atoms with Crippen LogP contribution in [0.25, 0.3) is 0 Å². The van der Waals surface area contributed by atoms with Crippen molar-refractivity contribution < 1.29 is 24.2 Å². The van der Waals surface area contributed by atoms with Crippen molar-refractivity contribution in [3.05, 3.63) is 23.8 Å². The number of anilines is 1. The molecule has 1 aliphatic heterocycles. The van der Waals surface area contributed by atoms with Gasteiger partial charge in [-0.05, 0) is 65.2 Å². The van der Waals surface area contributed by atoms with Crippen molar-refractivity contribution in [2.24, 2.45) is 5.92 Å². The first-order chi connectivity index (χ1) is 17.4. The number of carbonyl (C=O) groups excluding carboxylic acids is 2. The van der Waals surface area contributed by atoms with Crippen LogP contribution in [0.1, 0.15) is 64.2 Å². The third-order valence-corrected chi connectivity index (χ3v) is 6.76. The number of aliphatic hydroxyl groups is 1. The molecule has 2 N–H and O–H groups in total. The maximum atomic E-state index is 14.0. The molecule has 0 saturated heterocycles. The lowest BCUT2D eigenvalue weighted by atomic mass is 10.0. The Bertz CT molecular complexity index is 878. The fourth-order valence-electron chi connectivity index (χ4n) is 4.36.